The fourth-order valence-corrected chi connectivity index (χ4v) is 4.13. The number of hydrogen-bond acceptors (Lipinski definition) is 5. The lowest BCUT2D eigenvalue weighted by Crippen LogP contribution is -2.35. The summed E-state index contributed by atoms with van der Waals surface area (Å²) in [6, 6.07) is 11.8. The van der Waals surface area contributed by atoms with E-state index in [0.717, 1.165) is 35.4 Å². The third kappa shape index (κ3) is 11.7. The molecule has 3 aromatic rings. The number of aryl methyl sites for hydroxylation is 2. The van der Waals surface area contributed by atoms with Crippen LogP contribution >= 0.6 is 23.2 Å². The van der Waals surface area contributed by atoms with Crippen molar-refractivity contribution in [3.05, 3.63) is 94.0 Å². The quantitative estimate of drug-likeness (QED) is 0.129. The van der Waals surface area contributed by atoms with E-state index in [-0.39, 0.29) is 6.10 Å². The average molecular weight is 570 g/mol. The Morgan fingerprint density at radius 2 is 1.81 bits per heavy atom. The fourth-order valence-electron chi connectivity index (χ4n) is 3.60. The molecule has 37 heavy (non-hydrogen) atoms. The van der Waals surface area contributed by atoms with E-state index in [1.54, 1.807) is 6.07 Å². The molecule has 0 saturated heterocycles. The van der Waals surface area contributed by atoms with E-state index >= 15 is 0 Å². The van der Waals surface area contributed by atoms with Crippen LogP contribution in [0.2, 0.25) is 10.0 Å². The number of nitrogens with zero attached hydrogens (tertiary/aromatic N) is 2. The van der Waals surface area contributed by atoms with Gasteiger partial charge in [-0.3, -0.25) is 0 Å². The average Bonchev–Trinajstić information content (AvgIpc) is 3.24. The minimum Gasteiger partial charge on any atom is -0.748 e. The maximum atomic E-state index is 9.08. The molecule has 1 unspecified atom stereocenters. The van der Waals surface area contributed by atoms with Gasteiger partial charge in [0.1, 0.15) is 43.9 Å². The molecular weight excluding hydrogens is 535 g/mol. The second kappa shape index (κ2) is 15.1. The minimum atomic E-state index is -3.92. The Balaban J connectivity index is 0.000000877. The van der Waals surface area contributed by atoms with Gasteiger partial charge in [-0.2, -0.15) is 0 Å². The number of allylic oxidation sites excluding steroid dienone is 1. The summed E-state index contributed by atoms with van der Waals surface area (Å²) in [5, 5.41) is 1.24. The SMILES string of the molecule is CC=CCCOC(C[n+]1ccn(CCOc2c(C)cccc2C)c1)c1ccc(Cl)cc1Cl.CS(=O)(=O)[O-]. The summed E-state index contributed by atoms with van der Waals surface area (Å²) in [6.07, 6.45) is 11.6. The number of hydrogen-bond donors (Lipinski definition) is 0. The standard InChI is InChI=1S/C26H31Cl2N2O2.CH4O3S/c1-4-5-6-15-31-25(23-11-10-22(27)17-24(23)28)18-30-13-12-29(19-30)14-16-32-26-20(2)8-7-9-21(26)3;1-5(2,3)4/h4-5,7-13,17,19,25H,6,14-16,18H2,1-3H3;1H3,(H,2,3,4)/q+1;/p-1. The van der Waals surface area contributed by atoms with E-state index in [9.17, 15) is 0 Å². The van der Waals surface area contributed by atoms with E-state index in [2.05, 4.69) is 59.8 Å². The number of para-hydroxylation sites is 1. The zero-order valence-corrected chi connectivity index (χ0v) is 23.9. The molecule has 10 heteroatoms. The monoisotopic (exact) mass is 568 g/mol. The maximum absolute atomic E-state index is 9.08. The van der Waals surface area contributed by atoms with E-state index in [4.69, 9.17) is 45.6 Å². The van der Waals surface area contributed by atoms with E-state index in [1.807, 2.05) is 31.3 Å². The molecule has 0 spiro atoms. The highest BCUT2D eigenvalue weighted by atomic mass is 35.5. The number of aromatic nitrogens is 2. The predicted octanol–water partition coefficient (Wildman–Crippen LogP) is 5.66. The zero-order valence-electron chi connectivity index (χ0n) is 21.6. The Morgan fingerprint density at radius 3 is 2.43 bits per heavy atom. The second-order valence-corrected chi connectivity index (χ2v) is 10.8. The molecule has 0 aliphatic heterocycles. The van der Waals surface area contributed by atoms with Gasteiger partial charge >= 0.3 is 0 Å². The van der Waals surface area contributed by atoms with E-state index < -0.39 is 10.1 Å². The smallest absolute Gasteiger partial charge is 0.243 e. The topological polar surface area (TPSA) is 84.5 Å². The van der Waals surface area contributed by atoms with Crippen LogP contribution in [0.4, 0.5) is 0 Å². The molecule has 0 aliphatic rings. The van der Waals surface area contributed by atoms with Crippen LogP contribution in [0, 0.1) is 13.8 Å². The van der Waals surface area contributed by atoms with Crippen LogP contribution in [0.3, 0.4) is 0 Å². The summed E-state index contributed by atoms with van der Waals surface area (Å²) in [7, 11) is -3.92. The lowest BCUT2D eigenvalue weighted by molar-refractivity contribution is -0.704. The van der Waals surface area contributed by atoms with Crippen LogP contribution in [0.25, 0.3) is 0 Å². The molecular formula is C27H34Cl2N2O5S. The third-order valence-electron chi connectivity index (χ3n) is 5.28. The Morgan fingerprint density at radius 1 is 1.14 bits per heavy atom. The Labute approximate surface area is 230 Å². The van der Waals surface area contributed by atoms with Gasteiger partial charge in [-0.1, -0.05) is 59.6 Å². The van der Waals surface area contributed by atoms with Crippen molar-refractivity contribution in [2.45, 2.75) is 46.4 Å². The molecule has 3 rings (SSSR count). The summed E-state index contributed by atoms with van der Waals surface area (Å²) in [5.41, 5.74) is 3.26. The summed E-state index contributed by atoms with van der Waals surface area (Å²) < 4.78 is 43.7. The van der Waals surface area contributed by atoms with Crippen LogP contribution in [0.5, 0.6) is 5.75 Å². The van der Waals surface area contributed by atoms with Crippen LogP contribution < -0.4 is 9.30 Å². The minimum absolute atomic E-state index is 0.170. The fraction of sp³-hybridized carbons (Fsp3) is 0.370. The van der Waals surface area contributed by atoms with Crippen LogP contribution in [-0.2, 0) is 27.9 Å². The molecule has 0 saturated carbocycles. The van der Waals surface area contributed by atoms with Crippen LogP contribution in [-0.4, -0.2) is 37.0 Å². The molecule has 0 N–H and O–H groups in total. The first kappa shape index (κ1) is 30.9. The van der Waals surface area contributed by atoms with Crippen molar-refractivity contribution in [1.29, 1.82) is 0 Å². The summed E-state index contributed by atoms with van der Waals surface area (Å²) in [5.74, 6) is 0.972. The van der Waals surface area contributed by atoms with E-state index in [0.29, 0.717) is 36.1 Å². The summed E-state index contributed by atoms with van der Waals surface area (Å²) in [4.78, 5) is 0. The highest BCUT2D eigenvalue weighted by molar-refractivity contribution is 7.84. The number of halogens is 2. The first-order valence-electron chi connectivity index (χ1n) is 11.8. The molecule has 0 fully saturated rings. The highest BCUT2D eigenvalue weighted by Gasteiger charge is 2.19. The molecule has 2 aromatic carbocycles. The molecule has 0 bridgehead atoms. The van der Waals surface area contributed by atoms with Crippen molar-refractivity contribution >= 4 is 33.3 Å². The lowest BCUT2D eigenvalue weighted by atomic mass is 10.1. The summed E-state index contributed by atoms with van der Waals surface area (Å²) >= 11 is 12.6. The molecule has 202 valence electrons. The summed E-state index contributed by atoms with van der Waals surface area (Å²) in [6.45, 7) is 8.80. The van der Waals surface area contributed by atoms with Crippen molar-refractivity contribution in [2.24, 2.45) is 0 Å². The first-order valence-corrected chi connectivity index (χ1v) is 14.4. The number of ether oxygens (including phenoxy) is 2. The van der Waals surface area contributed by atoms with Crippen molar-refractivity contribution in [3.63, 3.8) is 0 Å². The van der Waals surface area contributed by atoms with Gasteiger partial charge in [0.25, 0.3) is 0 Å². The van der Waals surface area contributed by atoms with Crippen LogP contribution in [0.1, 0.15) is 36.1 Å². The van der Waals surface area contributed by atoms with Crippen molar-refractivity contribution < 1.29 is 27.0 Å². The van der Waals surface area contributed by atoms with Crippen molar-refractivity contribution in [2.75, 3.05) is 19.5 Å². The zero-order chi connectivity index (χ0) is 27.4. The number of imidazole rings is 1. The molecule has 7 nitrogen and oxygen atoms in total. The number of rotatable bonds is 11. The normalized spacial score (nSPS) is 12.3. The predicted molar refractivity (Wildman–Crippen MR) is 146 cm³/mol. The van der Waals surface area contributed by atoms with Gasteiger partial charge in [0, 0.05) is 21.9 Å². The van der Waals surface area contributed by atoms with Gasteiger partial charge in [-0.25, -0.2) is 17.6 Å². The van der Waals surface area contributed by atoms with Gasteiger partial charge in [0.05, 0.1) is 16.7 Å². The molecule has 1 atom stereocenters. The Bertz CT molecular complexity index is 1250. The van der Waals surface area contributed by atoms with Gasteiger partial charge in [-0.05, 0) is 50.5 Å². The molecule has 1 aromatic heterocycles. The van der Waals surface area contributed by atoms with Gasteiger partial charge in [0.15, 0.2) is 0 Å². The molecule has 0 radical (unpaired) electrons. The van der Waals surface area contributed by atoms with Crippen molar-refractivity contribution in [3.8, 4) is 5.75 Å². The maximum Gasteiger partial charge on any atom is 0.243 e. The third-order valence-corrected chi connectivity index (χ3v) is 5.84. The number of benzene rings is 2. The van der Waals surface area contributed by atoms with Gasteiger partial charge < -0.3 is 14.0 Å². The van der Waals surface area contributed by atoms with E-state index in [1.165, 1.54) is 0 Å². The molecule has 0 aliphatic carbocycles. The van der Waals surface area contributed by atoms with Crippen molar-refractivity contribution in [1.82, 2.24) is 4.57 Å². The lowest BCUT2D eigenvalue weighted by Gasteiger charge is -2.18. The first-order chi connectivity index (χ1) is 17.5. The largest absolute Gasteiger partial charge is 0.748 e. The molecule has 1 heterocycles. The Hall–Kier alpha value is -2.36. The van der Waals surface area contributed by atoms with Crippen LogP contribution in [0.15, 0.2) is 67.3 Å². The molecule has 0 amide bonds. The van der Waals surface area contributed by atoms with Gasteiger partial charge in [-0.15, -0.1) is 0 Å². The van der Waals surface area contributed by atoms with Gasteiger partial charge in [0.2, 0.25) is 6.33 Å². The Kier molecular flexibility index (Phi) is 12.6. The highest BCUT2D eigenvalue weighted by Crippen LogP contribution is 2.29. The second-order valence-electron chi connectivity index (χ2n) is 8.50.